The molecule has 100 valence electrons. The van der Waals surface area contributed by atoms with E-state index in [0.29, 0.717) is 18.3 Å². The summed E-state index contributed by atoms with van der Waals surface area (Å²) >= 11 is 1.84. The largest absolute Gasteiger partial charge is 0.384 e. The molecule has 1 saturated heterocycles. The number of pyridine rings is 1. The minimum atomic E-state index is -3.43. The van der Waals surface area contributed by atoms with E-state index in [0.717, 1.165) is 12.2 Å². The van der Waals surface area contributed by atoms with Crippen LogP contribution in [0, 0.1) is 0 Å². The highest BCUT2D eigenvalue weighted by atomic mass is 32.2. The summed E-state index contributed by atoms with van der Waals surface area (Å²) in [4.78, 5) is 4.05. The van der Waals surface area contributed by atoms with Crippen LogP contribution in [0.5, 0.6) is 0 Å². The van der Waals surface area contributed by atoms with Crippen molar-refractivity contribution in [3.05, 3.63) is 18.3 Å². The molecule has 1 aromatic heterocycles. The van der Waals surface area contributed by atoms with Gasteiger partial charge in [0.15, 0.2) is 0 Å². The Morgan fingerprint density at radius 2 is 2.39 bits per heavy atom. The Bertz CT molecular complexity index is 519. The van der Waals surface area contributed by atoms with Gasteiger partial charge in [-0.25, -0.2) is 13.4 Å². The standard InChI is InChI=1S/C11H17N3O2S2/c1-2-9-8-14(5-6-17-9)18(15,16)10-3-4-13-11(12)7-10/h3-4,7,9H,2,5-6,8H2,1H3,(H2,12,13). The third-order valence-corrected chi connectivity index (χ3v) is 6.18. The van der Waals surface area contributed by atoms with Gasteiger partial charge in [0.25, 0.3) is 0 Å². The van der Waals surface area contributed by atoms with E-state index in [9.17, 15) is 8.42 Å². The molecule has 1 aromatic rings. The molecule has 0 amide bonds. The van der Waals surface area contributed by atoms with Crippen LogP contribution in [0.2, 0.25) is 0 Å². The third kappa shape index (κ3) is 2.78. The number of nitrogens with zero attached hydrogens (tertiary/aromatic N) is 2. The average Bonchev–Trinajstić information content (AvgIpc) is 2.39. The minimum Gasteiger partial charge on any atom is -0.384 e. The van der Waals surface area contributed by atoms with Crippen molar-refractivity contribution in [3.63, 3.8) is 0 Å². The highest BCUT2D eigenvalue weighted by Gasteiger charge is 2.29. The number of anilines is 1. The molecule has 0 saturated carbocycles. The van der Waals surface area contributed by atoms with Gasteiger partial charge >= 0.3 is 0 Å². The molecule has 0 radical (unpaired) electrons. The zero-order chi connectivity index (χ0) is 13.2. The first kappa shape index (κ1) is 13.6. The Hall–Kier alpha value is -0.790. The number of nitrogens with two attached hydrogens (primary N) is 1. The Morgan fingerprint density at radius 3 is 3.06 bits per heavy atom. The molecule has 1 aliphatic rings. The molecule has 1 fully saturated rings. The van der Waals surface area contributed by atoms with E-state index in [2.05, 4.69) is 11.9 Å². The fraction of sp³-hybridized carbons (Fsp3) is 0.545. The van der Waals surface area contributed by atoms with Gasteiger partial charge in [-0.3, -0.25) is 0 Å². The first-order valence-corrected chi connectivity index (χ1v) is 8.36. The summed E-state index contributed by atoms with van der Waals surface area (Å²) in [7, 11) is -3.43. The molecule has 2 heterocycles. The fourth-order valence-corrected chi connectivity index (χ4v) is 4.79. The number of rotatable bonds is 3. The summed E-state index contributed by atoms with van der Waals surface area (Å²) in [6, 6.07) is 2.91. The average molecular weight is 287 g/mol. The molecule has 18 heavy (non-hydrogen) atoms. The van der Waals surface area contributed by atoms with E-state index >= 15 is 0 Å². The Balaban J connectivity index is 2.25. The van der Waals surface area contributed by atoms with Crippen LogP contribution in [0.1, 0.15) is 13.3 Å². The zero-order valence-corrected chi connectivity index (χ0v) is 11.9. The predicted octanol–water partition coefficient (Wildman–Crippen LogP) is 1.18. The first-order chi connectivity index (χ1) is 8.54. The van der Waals surface area contributed by atoms with Gasteiger partial charge in [0, 0.05) is 36.4 Å². The Labute approximate surface area is 112 Å². The predicted molar refractivity (Wildman–Crippen MR) is 73.9 cm³/mol. The zero-order valence-electron chi connectivity index (χ0n) is 10.2. The molecule has 1 atom stereocenters. The van der Waals surface area contributed by atoms with Gasteiger partial charge in [0.1, 0.15) is 5.82 Å². The highest BCUT2D eigenvalue weighted by Crippen LogP contribution is 2.26. The SMILES string of the molecule is CCC1CN(S(=O)(=O)c2ccnc(N)c2)CCS1. The second-order valence-corrected chi connectivity index (χ2v) is 7.53. The van der Waals surface area contributed by atoms with Crippen molar-refractivity contribution in [3.8, 4) is 0 Å². The van der Waals surface area contributed by atoms with Gasteiger partial charge < -0.3 is 5.73 Å². The van der Waals surface area contributed by atoms with Crippen molar-refractivity contribution in [2.75, 3.05) is 24.6 Å². The normalized spacial score (nSPS) is 21.9. The van der Waals surface area contributed by atoms with Crippen LogP contribution < -0.4 is 5.73 Å². The second kappa shape index (κ2) is 5.46. The van der Waals surface area contributed by atoms with Crippen molar-refractivity contribution in [1.29, 1.82) is 0 Å². The van der Waals surface area contributed by atoms with Crippen molar-refractivity contribution >= 4 is 27.6 Å². The van der Waals surface area contributed by atoms with E-state index in [-0.39, 0.29) is 10.7 Å². The monoisotopic (exact) mass is 287 g/mol. The lowest BCUT2D eigenvalue weighted by atomic mass is 10.3. The maximum absolute atomic E-state index is 12.4. The van der Waals surface area contributed by atoms with Crippen LogP contribution in [-0.4, -0.2) is 41.8 Å². The van der Waals surface area contributed by atoms with Crippen molar-refractivity contribution in [1.82, 2.24) is 9.29 Å². The lowest BCUT2D eigenvalue weighted by molar-refractivity contribution is 0.416. The molecule has 1 unspecified atom stereocenters. The summed E-state index contributed by atoms with van der Waals surface area (Å²) in [5.74, 6) is 1.08. The number of sulfonamides is 1. The van der Waals surface area contributed by atoms with Crippen LogP contribution in [0.4, 0.5) is 5.82 Å². The number of thioether (sulfide) groups is 1. The molecular weight excluding hydrogens is 270 g/mol. The number of aromatic nitrogens is 1. The Kier molecular flexibility index (Phi) is 4.14. The van der Waals surface area contributed by atoms with Crippen LogP contribution in [0.25, 0.3) is 0 Å². The van der Waals surface area contributed by atoms with Gasteiger partial charge in [-0.1, -0.05) is 6.92 Å². The van der Waals surface area contributed by atoms with E-state index in [1.54, 1.807) is 4.31 Å². The molecule has 0 aromatic carbocycles. The lowest BCUT2D eigenvalue weighted by Crippen LogP contribution is -2.41. The molecule has 2 rings (SSSR count). The summed E-state index contributed by atoms with van der Waals surface area (Å²) in [5, 5.41) is 0.382. The van der Waals surface area contributed by atoms with Gasteiger partial charge in [-0.2, -0.15) is 16.1 Å². The molecule has 5 nitrogen and oxygen atoms in total. The quantitative estimate of drug-likeness (QED) is 0.903. The molecular formula is C11H17N3O2S2. The molecule has 0 spiro atoms. The summed E-state index contributed by atoms with van der Waals surface area (Å²) < 4.78 is 26.4. The van der Waals surface area contributed by atoms with E-state index < -0.39 is 10.0 Å². The maximum atomic E-state index is 12.4. The molecule has 2 N–H and O–H groups in total. The highest BCUT2D eigenvalue weighted by molar-refractivity contribution is 8.00. The molecule has 0 bridgehead atoms. The molecule has 1 aliphatic heterocycles. The summed E-state index contributed by atoms with van der Waals surface area (Å²) in [6.45, 7) is 3.22. The molecule has 7 heteroatoms. The van der Waals surface area contributed by atoms with Gasteiger partial charge in [-0.15, -0.1) is 0 Å². The van der Waals surface area contributed by atoms with Crippen molar-refractivity contribution in [2.45, 2.75) is 23.5 Å². The molecule has 0 aliphatic carbocycles. The maximum Gasteiger partial charge on any atom is 0.243 e. The Morgan fingerprint density at radius 1 is 1.61 bits per heavy atom. The summed E-state index contributed by atoms with van der Waals surface area (Å²) in [6.07, 6.45) is 2.41. The summed E-state index contributed by atoms with van der Waals surface area (Å²) in [5.41, 5.74) is 5.54. The van der Waals surface area contributed by atoms with Crippen LogP contribution in [0.3, 0.4) is 0 Å². The number of hydrogen-bond donors (Lipinski definition) is 1. The lowest BCUT2D eigenvalue weighted by Gasteiger charge is -2.31. The number of hydrogen-bond acceptors (Lipinski definition) is 5. The van der Waals surface area contributed by atoms with Gasteiger partial charge in [0.2, 0.25) is 10.0 Å². The van der Waals surface area contributed by atoms with Crippen molar-refractivity contribution < 1.29 is 8.42 Å². The van der Waals surface area contributed by atoms with E-state index in [4.69, 9.17) is 5.73 Å². The van der Waals surface area contributed by atoms with Crippen molar-refractivity contribution in [2.24, 2.45) is 0 Å². The van der Waals surface area contributed by atoms with Gasteiger partial charge in [-0.05, 0) is 12.5 Å². The van der Waals surface area contributed by atoms with Crippen LogP contribution in [-0.2, 0) is 10.0 Å². The fourth-order valence-electron chi connectivity index (χ4n) is 1.90. The van der Waals surface area contributed by atoms with Crippen LogP contribution in [0.15, 0.2) is 23.2 Å². The minimum absolute atomic E-state index is 0.231. The first-order valence-electron chi connectivity index (χ1n) is 5.87. The third-order valence-electron chi connectivity index (χ3n) is 2.95. The van der Waals surface area contributed by atoms with E-state index in [1.807, 2.05) is 11.8 Å². The second-order valence-electron chi connectivity index (χ2n) is 4.18. The smallest absolute Gasteiger partial charge is 0.243 e. The van der Waals surface area contributed by atoms with E-state index in [1.165, 1.54) is 18.3 Å². The topological polar surface area (TPSA) is 76.3 Å². The van der Waals surface area contributed by atoms with Crippen LogP contribution >= 0.6 is 11.8 Å². The number of nitrogen functional groups attached to an aromatic ring is 1. The van der Waals surface area contributed by atoms with Gasteiger partial charge in [0.05, 0.1) is 4.90 Å².